The van der Waals surface area contributed by atoms with Crippen molar-refractivity contribution in [2.45, 2.75) is 45.3 Å². The minimum absolute atomic E-state index is 0.144. The van der Waals surface area contributed by atoms with E-state index in [1.54, 1.807) is 5.57 Å². The molecule has 21 heavy (non-hydrogen) atoms. The summed E-state index contributed by atoms with van der Waals surface area (Å²) in [6.45, 7) is 2.37. The van der Waals surface area contributed by atoms with Crippen molar-refractivity contribution in [3.8, 4) is 0 Å². The molecule has 112 valence electrons. The molecule has 0 aromatic carbocycles. The van der Waals surface area contributed by atoms with Gasteiger partial charge in [0, 0.05) is 16.7 Å². The van der Waals surface area contributed by atoms with Gasteiger partial charge in [-0.15, -0.1) is 0 Å². The highest BCUT2D eigenvalue weighted by Gasteiger charge is 2.54. The molecule has 0 amide bonds. The zero-order valence-electron chi connectivity index (χ0n) is 12.6. The maximum atomic E-state index is 9.98. The molecule has 0 saturated heterocycles. The van der Waals surface area contributed by atoms with Crippen LogP contribution in [0.3, 0.4) is 0 Å². The van der Waals surface area contributed by atoms with E-state index in [1.807, 2.05) is 0 Å². The molecule has 0 unspecified atom stereocenters. The van der Waals surface area contributed by atoms with E-state index in [2.05, 4.69) is 43.4 Å². The number of rotatable bonds is 1. The second-order valence-electron chi connectivity index (χ2n) is 7.39. The summed E-state index contributed by atoms with van der Waals surface area (Å²) in [4.78, 5) is 0. The highest BCUT2D eigenvalue weighted by molar-refractivity contribution is 5.43. The van der Waals surface area contributed by atoms with Crippen molar-refractivity contribution in [1.29, 1.82) is 0 Å². The van der Waals surface area contributed by atoms with Crippen molar-refractivity contribution in [3.05, 3.63) is 47.6 Å². The molecule has 0 radical (unpaired) electrons. The quantitative estimate of drug-likeness (QED) is 0.571. The van der Waals surface area contributed by atoms with Crippen molar-refractivity contribution >= 4 is 0 Å². The molecule has 4 aliphatic carbocycles. The summed E-state index contributed by atoms with van der Waals surface area (Å²) in [6.07, 6.45) is 17.5. The third-order valence-corrected chi connectivity index (χ3v) is 6.56. The van der Waals surface area contributed by atoms with E-state index < -0.39 is 6.29 Å². The summed E-state index contributed by atoms with van der Waals surface area (Å²) in [5.74, 6) is 0.717. The minimum Gasteiger partial charge on any atom is -0.368 e. The maximum absolute atomic E-state index is 9.98. The minimum atomic E-state index is -1.22. The SMILES string of the molecule is C[C@]12C=CCCC1=CC=C1[C@@H]3C=CC[C@@]3(C(O)O)CC[C@@H]12. The lowest BCUT2D eigenvalue weighted by atomic mass is 9.52. The number of fused-ring (bicyclic) bond motifs is 5. The van der Waals surface area contributed by atoms with Crippen LogP contribution in [0.1, 0.15) is 39.0 Å². The van der Waals surface area contributed by atoms with Gasteiger partial charge in [-0.25, -0.2) is 0 Å². The Morgan fingerprint density at radius 1 is 1.24 bits per heavy atom. The molecule has 4 aliphatic rings. The highest BCUT2D eigenvalue weighted by atomic mass is 16.5. The molecule has 2 heteroatoms. The third-order valence-electron chi connectivity index (χ3n) is 6.56. The van der Waals surface area contributed by atoms with E-state index in [9.17, 15) is 10.2 Å². The molecule has 0 aromatic heterocycles. The van der Waals surface area contributed by atoms with Crippen LogP contribution in [0, 0.1) is 22.7 Å². The van der Waals surface area contributed by atoms with Crippen molar-refractivity contribution in [2.75, 3.05) is 0 Å². The standard InChI is InChI=1S/C19H24O2/c1-18-10-3-2-5-13(18)7-8-14-15(18)9-12-19(17(20)21)11-4-6-16(14)19/h3-4,6-8,10,15-17,20-21H,2,5,9,11-12H2,1H3/t15-,16-,18-,19+/m0/s1. The van der Waals surface area contributed by atoms with Gasteiger partial charge in [-0.05, 0) is 38.0 Å². The number of aliphatic hydroxyl groups excluding tert-OH is 1. The Labute approximate surface area is 126 Å². The molecule has 1 fully saturated rings. The first kappa shape index (κ1) is 13.5. The van der Waals surface area contributed by atoms with Crippen LogP contribution in [0.2, 0.25) is 0 Å². The highest BCUT2D eigenvalue weighted by Crippen LogP contribution is 2.61. The van der Waals surface area contributed by atoms with Gasteiger partial charge in [0.1, 0.15) is 0 Å². The Bertz CT molecular complexity index is 580. The first-order valence-electron chi connectivity index (χ1n) is 8.19. The van der Waals surface area contributed by atoms with Crippen LogP contribution in [0.5, 0.6) is 0 Å². The predicted molar refractivity (Wildman–Crippen MR) is 83.3 cm³/mol. The summed E-state index contributed by atoms with van der Waals surface area (Å²) >= 11 is 0. The molecule has 0 aliphatic heterocycles. The van der Waals surface area contributed by atoms with Gasteiger partial charge in [0.25, 0.3) is 0 Å². The van der Waals surface area contributed by atoms with Gasteiger partial charge >= 0.3 is 0 Å². The average Bonchev–Trinajstić information content (AvgIpc) is 2.92. The Balaban J connectivity index is 1.80. The molecule has 1 saturated carbocycles. The molecular formula is C19H24O2. The summed E-state index contributed by atoms with van der Waals surface area (Å²) in [7, 11) is 0. The largest absolute Gasteiger partial charge is 0.368 e. The smallest absolute Gasteiger partial charge is 0.158 e. The number of hydrogen-bond acceptors (Lipinski definition) is 2. The van der Waals surface area contributed by atoms with Gasteiger partial charge in [-0.1, -0.05) is 54.5 Å². The second kappa shape index (κ2) is 4.44. The Morgan fingerprint density at radius 3 is 2.90 bits per heavy atom. The normalized spacial score (nSPS) is 44.0. The molecule has 4 rings (SSSR count). The summed E-state index contributed by atoms with van der Waals surface area (Å²) < 4.78 is 0. The van der Waals surface area contributed by atoms with E-state index in [4.69, 9.17) is 0 Å². The predicted octanol–water partition coefficient (Wildman–Crippen LogP) is 3.49. The number of allylic oxidation sites excluding steroid dienone is 8. The summed E-state index contributed by atoms with van der Waals surface area (Å²) in [5.41, 5.74) is 2.74. The molecule has 0 bridgehead atoms. The van der Waals surface area contributed by atoms with E-state index in [0.717, 1.165) is 25.7 Å². The lowest BCUT2D eigenvalue weighted by molar-refractivity contribution is -0.155. The van der Waals surface area contributed by atoms with Crippen LogP contribution in [-0.2, 0) is 0 Å². The monoisotopic (exact) mass is 284 g/mol. The van der Waals surface area contributed by atoms with Crippen LogP contribution in [-0.4, -0.2) is 16.5 Å². The average molecular weight is 284 g/mol. The summed E-state index contributed by atoms with van der Waals surface area (Å²) in [6, 6.07) is 0. The molecule has 2 nitrogen and oxygen atoms in total. The first-order valence-corrected chi connectivity index (χ1v) is 8.19. The molecule has 0 spiro atoms. The third kappa shape index (κ3) is 1.66. The molecule has 4 atom stereocenters. The van der Waals surface area contributed by atoms with Gasteiger partial charge in [-0.2, -0.15) is 0 Å². The van der Waals surface area contributed by atoms with Gasteiger partial charge < -0.3 is 10.2 Å². The van der Waals surface area contributed by atoms with Crippen LogP contribution in [0.25, 0.3) is 0 Å². The fourth-order valence-corrected chi connectivity index (χ4v) is 5.24. The number of aliphatic hydroxyl groups is 2. The molecule has 0 aromatic rings. The molecule has 2 N–H and O–H groups in total. The number of hydrogen-bond donors (Lipinski definition) is 2. The zero-order chi connectivity index (χ0) is 14.7. The Kier molecular flexibility index (Phi) is 2.86. The van der Waals surface area contributed by atoms with Crippen LogP contribution in [0.15, 0.2) is 47.6 Å². The Morgan fingerprint density at radius 2 is 2.10 bits per heavy atom. The van der Waals surface area contributed by atoms with Crippen LogP contribution in [0.4, 0.5) is 0 Å². The summed E-state index contributed by atoms with van der Waals surface area (Å²) in [5, 5.41) is 20.0. The van der Waals surface area contributed by atoms with Crippen LogP contribution >= 0.6 is 0 Å². The van der Waals surface area contributed by atoms with Gasteiger partial charge in [-0.3, -0.25) is 0 Å². The first-order chi connectivity index (χ1) is 10.1. The van der Waals surface area contributed by atoms with Crippen molar-refractivity contribution in [3.63, 3.8) is 0 Å². The van der Waals surface area contributed by atoms with E-state index in [0.29, 0.717) is 5.92 Å². The van der Waals surface area contributed by atoms with Gasteiger partial charge in [0.2, 0.25) is 0 Å². The van der Waals surface area contributed by atoms with Gasteiger partial charge in [0.15, 0.2) is 6.29 Å². The van der Waals surface area contributed by atoms with Gasteiger partial charge in [0.05, 0.1) is 0 Å². The van der Waals surface area contributed by atoms with Crippen LogP contribution < -0.4 is 0 Å². The lowest BCUT2D eigenvalue weighted by Crippen LogP contribution is -2.48. The van der Waals surface area contributed by atoms with E-state index >= 15 is 0 Å². The van der Waals surface area contributed by atoms with E-state index in [1.165, 1.54) is 12.0 Å². The van der Waals surface area contributed by atoms with Crippen molar-refractivity contribution in [2.24, 2.45) is 22.7 Å². The van der Waals surface area contributed by atoms with Crippen molar-refractivity contribution < 1.29 is 10.2 Å². The van der Waals surface area contributed by atoms with Crippen molar-refractivity contribution in [1.82, 2.24) is 0 Å². The lowest BCUT2D eigenvalue weighted by Gasteiger charge is -2.52. The fraction of sp³-hybridized carbons (Fsp3) is 0.579. The van der Waals surface area contributed by atoms with E-state index in [-0.39, 0.29) is 16.7 Å². The second-order valence-corrected chi connectivity index (χ2v) is 7.39. The Hall–Kier alpha value is -1.12. The maximum Gasteiger partial charge on any atom is 0.158 e. The fourth-order valence-electron chi connectivity index (χ4n) is 5.24. The topological polar surface area (TPSA) is 40.5 Å². The molecular weight excluding hydrogens is 260 g/mol. The zero-order valence-corrected chi connectivity index (χ0v) is 12.6. The molecule has 0 heterocycles.